The van der Waals surface area contributed by atoms with Crippen LogP contribution in [0.15, 0.2) is 18.2 Å². The molecule has 10 nitrogen and oxygen atoms in total. The highest BCUT2D eigenvalue weighted by atomic mass is 19.4. The second-order valence-electron chi connectivity index (χ2n) is 10.1. The zero-order chi connectivity index (χ0) is 32.6. The number of rotatable bonds is 4. The van der Waals surface area contributed by atoms with Crippen LogP contribution in [0.2, 0.25) is 0 Å². The topological polar surface area (TPSA) is 124 Å². The average molecular weight is 637 g/mol. The van der Waals surface area contributed by atoms with Gasteiger partial charge in [-0.25, -0.2) is 23.4 Å². The molecule has 0 radical (unpaired) electrons. The Morgan fingerprint density at radius 3 is 2.05 bits per heavy atom. The highest BCUT2D eigenvalue weighted by molar-refractivity contribution is 5.84. The number of aliphatic carboxylic acids is 2. The zero-order valence-corrected chi connectivity index (χ0v) is 23.1. The monoisotopic (exact) mass is 636 g/mol. The molecular weight excluding hydrogens is 604 g/mol. The highest BCUT2D eigenvalue weighted by Gasteiger charge is 2.55. The lowest BCUT2D eigenvalue weighted by Gasteiger charge is -2.49. The van der Waals surface area contributed by atoms with Gasteiger partial charge in [-0.3, -0.25) is 9.69 Å². The molecule has 1 amide bonds. The predicted octanol–water partition coefficient (Wildman–Crippen LogP) is 3.65. The van der Waals surface area contributed by atoms with Gasteiger partial charge in [-0.1, -0.05) is 6.07 Å². The van der Waals surface area contributed by atoms with E-state index in [1.165, 1.54) is 0 Å². The number of amides is 1. The van der Waals surface area contributed by atoms with Gasteiger partial charge in [0.1, 0.15) is 5.82 Å². The van der Waals surface area contributed by atoms with Crippen LogP contribution in [0.4, 0.5) is 40.9 Å². The SMILES string of the molecule is CCN1CCCC2(CN(Cc3cccc(N4CCOCC4)n3)CC(F)(F)C2)C1=O.O=C(O)C(F)(F)F.O=C(O)C(F)(F)F. The molecule has 18 heteroatoms. The number of hydrogen-bond donors (Lipinski definition) is 2. The van der Waals surface area contributed by atoms with E-state index in [1.807, 2.05) is 25.1 Å². The molecule has 3 aliphatic rings. The molecule has 1 atom stereocenters. The Balaban J connectivity index is 0.000000384. The maximum absolute atomic E-state index is 14.7. The fourth-order valence-corrected chi connectivity index (χ4v) is 5.05. The summed E-state index contributed by atoms with van der Waals surface area (Å²) in [6, 6.07) is 5.75. The van der Waals surface area contributed by atoms with Gasteiger partial charge in [-0.05, 0) is 31.9 Å². The third-order valence-electron chi connectivity index (χ3n) is 6.78. The molecule has 3 aliphatic heterocycles. The molecule has 4 rings (SSSR count). The van der Waals surface area contributed by atoms with Crippen LogP contribution in [0.3, 0.4) is 0 Å². The number of carbonyl (C=O) groups excluding carboxylic acids is 1. The zero-order valence-electron chi connectivity index (χ0n) is 23.1. The largest absolute Gasteiger partial charge is 0.490 e. The number of hydrogen-bond acceptors (Lipinski definition) is 7. The fraction of sp³-hybridized carbons (Fsp3) is 0.680. The summed E-state index contributed by atoms with van der Waals surface area (Å²) in [6.45, 7) is 6.45. The fourth-order valence-electron chi connectivity index (χ4n) is 5.05. The number of carbonyl (C=O) groups is 3. The molecule has 2 N–H and O–H groups in total. The molecular formula is C25H32F8N4O6. The minimum absolute atomic E-state index is 0.106. The smallest absolute Gasteiger partial charge is 0.475 e. The maximum atomic E-state index is 14.7. The summed E-state index contributed by atoms with van der Waals surface area (Å²) < 4.78 is 98.3. The summed E-state index contributed by atoms with van der Waals surface area (Å²) >= 11 is 0. The van der Waals surface area contributed by atoms with Crippen molar-refractivity contribution in [2.45, 2.75) is 51.0 Å². The predicted molar refractivity (Wildman–Crippen MR) is 133 cm³/mol. The Hall–Kier alpha value is -3.28. The lowest BCUT2D eigenvalue weighted by atomic mass is 9.71. The van der Waals surface area contributed by atoms with Crippen LogP contribution in [0.5, 0.6) is 0 Å². The molecule has 244 valence electrons. The van der Waals surface area contributed by atoms with Gasteiger partial charge in [0.15, 0.2) is 0 Å². The Morgan fingerprint density at radius 2 is 1.53 bits per heavy atom. The highest BCUT2D eigenvalue weighted by Crippen LogP contribution is 2.45. The number of aromatic nitrogens is 1. The Morgan fingerprint density at radius 1 is 0.977 bits per heavy atom. The van der Waals surface area contributed by atoms with Gasteiger partial charge in [-0.2, -0.15) is 26.3 Å². The molecule has 3 fully saturated rings. The number of ether oxygens (including phenoxy) is 1. The molecule has 1 unspecified atom stereocenters. The van der Waals surface area contributed by atoms with Crippen molar-refractivity contribution in [3.63, 3.8) is 0 Å². The molecule has 0 aliphatic carbocycles. The molecule has 1 aromatic heterocycles. The number of pyridine rings is 1. The second-order valence-corrected chi connectivity index (χ2v) is 10.1. The first-order chi connectivity index (χ1) is 19.8. The lowest BCUT2D eigenvalue weighted by molar-refractivity contribution is -0.193. The number of halogens is 8. The first-order valence-corrected chi connectivity index (χ1v) is 13.1. The Labute approximate surface area is 241 Å². The van der Waals surface area contributed by atoms with E-state index in [0.717, 1.165) is 31.0 Å². The number of morpholine rings is 1. The van der Waals surface area contributed by atoms with Crippen LogP contribution >= 0.6 is 0 Å². The van der Waals surface area contributed by atoms with Crippen LogP contribution in [-0.4, -0.2) is 114 Å². The van der Waals surface area contributed by atoms with Crippen molar-refractivity contribution in [2.24, 2.45) is 5.41 Å². The van der Waals surface area contributed by atoms with Gasteiger partial charge in [-0.15, -0.1) is 0 Å². The summed E-state index contributed by atoms with van der Waals surface area (Å²) in [5, 5.41) is 14.2. The van der Waals surface area contributed by atoms with Crippen molar-refractivity contribution in [2.75, 3.05) is 57.4 Å². The quantitative estimate of drug-likeness (QED) is 0.477. The van der Waals surface area contributed by atoms with E-state index < -0.39 is 35.6 Å². The summed E-state index contributed by atoms with van der Waals surface area (Å²) in [7, 11) is 0. The van der Waals surface area contributed by atoms with Crippen LogP contribution in [0.1, 0.15) is 31.9 Å². The van der Waals surface area contributed by atoms with Gasteiger partial charge in [0, 0.05) is 45.7 Å². The molecule has 3 saturated heterocycles. The Bertz CT molecular complexity index is 1090. The molecule has 1 spiro atoms. The van der Waals surface area contributed by atoms with E-state index in [0.29, 0.717) is 45.8 Å². The van der Waals surface area contributed by atoms with E-state index in [1.54, 1.807) is 9.80 Å². The minimum Gasteiger partial charge on any atom is -0.475 e. The summed E-state index contributed by atoms with van der Waals surface area (Å²) in [5.41, 5.74) is -0.213. The van der Waals surface area contributed by atoms with Crippen molar-refractivity contribution < 1.29 is 64.5 Å². The average Bonchev–Trinajstić information content (AvgIpc) is 2.90. The van der Waals surface area contributed by atoms with E-state index in [2.05, 4.69) is 4.90 Å². The minimum atomic E-state index is -5.08. The Kier molecular flexibility index (Phi) is 12.1. The molecule has 0 bridgehead atoms. The van der Waals surface area contributed by atoms with Crippen molar-refractivity contribution >= 4 is 23.7 Å². The van der Waals surface area contributed by atoms with Gasteiger partial charge in [0.25, 0.3) is 5.92 Å². The third-order valence-corrected chi connectivity index (χ3v) is 6.78. The molecule has 1 aromatic rings. The van der Waals surface area contributed by atoms with Crippen molar-refractivity contribution in [1.29, 1.82) is 0 Å². The molecule has 0 aromatic carbocycles. The van der Waals surface area contributed by atoms with E-state index in [-0.39, 0.29) is 18.9 Å². The number of nitrogens with zero attached hydrogens (tertiary/aromatic N) is 4. The first kappa shape index (κ1) is 35.9. The lowest BCUT2D eigenvalue weighted by Crippen LogP contribution is -2.60. The number of alkyl halides is 8. The number of piperidine rings is 2. The normalized spacial score (nSPS) is 22.7. The van der Waals surface area contributed by atoms with Crippen molar-refractivity contribution in [1.82, 2.24) is 14.8 Å². The van der Waals surface area contributed by atoms with Crippen LogP contribution in [-0.2, 0) is 25.7 Å². The third kappa shape index (κ3) is 10.7. The summed E-state index contributed by atoms with van der Waals surface area (Å²) in [4.78, 5) is 41.1. The first-order valence-electron chi connectivity index (χ1n) is 13.1. The number of likely N-dealkylation sites (tertiary alicyclic amines) is 2. The van der Waals surface area contributed by atoms with Gasteiger partial charge >= 0.3 is 24.3 Å². The van der Waals surface area contributed by atoms with E-state index >= 15 is 0 Å². The maximum Gasteiger partial charge on any atom is 0.490 e. The van der Waals surface area contributed by atoms with Gasteiger partial charge in [0.2, 0.25) is 5.91 Å². The van der Waals surface area contributed by atoms with Crippen LogP contribution in [0.25, 0.3) is 0 Å². The van der Waals surface area contributed by atoms with Crippen molar-refractivity contribution in [3.8, 4) is 0 Å². The molecule has 43 heavy (non-hydrogen) atoms. The number of anilines is 1. The van der Waals surface area contributed by atoms with Crippen LogP contribution < -0.4 is 4.90 Å². The molecule has 4 heterocycles. The number of carboxylic acids is 2. The standard InChI is InChI=1S/C21H30F2N4O2.2C2HF3O2/c1-2-26-8-4-7-20(19(26)28)14-21(22,23)16-25(15-20)13-17-5-3-6-18(24-17)27-9-11-29-12-10-27;2*3-2(4,5)1(6)7/h3,5-6H,2,4,7-16H2,1H3;2*(H,6,7). The molecule has 0 saturated carbocycles. The number of carboxylic acid groups (broad SMARTS) is 2. The summed E-state index contributed by atoms with van der Waals surface area (Å²) in [5.74, 6) is -7.63. The van der Waals surface area contributed by atoms with Crippen LogP contribution in [0, 0.1) is 5.41 Å². The van der Waals surface area contributed by atoms with Gasteiger partial charge < -0.3 is 24.7 Å². The summed E-state index contributed by atoms with van der Waals surface area (Å²) in [6.07, 6.45) is -9.18. The van der Waals surface area contributed by atoms with E-state index in [9.17, 15) is 39.9 Å². The second kappa shape index (κ2) is 14.5. The van der Waals surface area contributed by atoms with E-state index in [4.69, 9.17) is 29.5 Å². The van der Waals surface area contributed by atoms with Gasteiger partial charge in [0.05, 0.1) is 30.9 Å². The van der Waals surface area contributed by atoms with Crippen molar-refractivity contribution in [3.05, 3.63) is 23.9 Å².